The standard InChI is InChI=1S/C17H14O/c1-13-12-15(14-6-3-2-4-7-14)9-10-16(13)17-8-5-11-18-17/h2-12H,1H3. The van der Waals surface area contributed by atoms with E-state index in [1.54, 1.807) is 6.26 Å². The average molecular weight is 234 g/mol. The average Bonchev–Trinajstić information content (AvgIpc) is 2.93. The van der Waals surface area contributed by atoms with Crippen LogP contribution in [0.4, 0.5) is 0 Å². The van der Waals surface area contributed by atoms with Crippen LogP contribution in [0.2, 0.25) is 0 Å². The van der Waals surface area contributed by atoms with E-state index in [0.29, 0.717) is 0 Å². The van der Waals surface area contributed by atoms with Crippen LogP contribution < -0.4 is 0 Å². The molecule has 0 atom stereocenters. The first kappa shape index (κ1) is 10.8. The fraction of sp³-hybridized carbons (Fsp3) is 0.0588. The molecule has 0 aliphatic rings. The molecule has 0 N–H and O–H groups in total. The Balaban J connectivity index is 2.05. The minimum Gasteiger partial charge on any atom is -0.464 e. The number of rotatable bonds is 2. The summed E-state index contributed by atoms with van der Waals surface area (Å²) in [5, 5.41) is 0. The highest BCUT2D eigenvalue weighted by atomic mass is 16.3. The lowest BCUT2D eigenvalue weighted by Gasteiger charge is -2.07. The molecule has 0 aliphatic carbocycles. The van der Waals surface area contributed by atoms with Crippen LogP contribution in [0, 0.1) is 6.92 Å². The van der Waals surface area contributed by atoms with Crippen LogP contribution in [-0.2, 0) is 0 Å². The molecule has 1 nitrogen and oxygen atoms in total. The van der Waals surface area contributed by atoms with Crippen molar-refractivity contribution in [2.24, 2.45) is 0 Å². The van der Waals surface area contributed by atoms with Crippen molar-refractivity contribution in [1.82, 2.24) is 0 Å². The summed E-state index contributed by atoms with van der Waals surface area (Å²) >= 11 is 0. The summed E-state index contributed by atoms with van der Waals surface area (Å²) in [6.07, 6.45) is 1.71. The van der Waals surface area contributed by atoms with Crippen molar-refractivity contribution < 1.29 is 4.42 Å². The van der Waals surface area contributed by atoms with Crippen LogP contribution in [-0.4, -0.2) is 0 Å². The first-order valence-corrected chi connectivity index (χ1v) is 6.04. The summed E-state index contributed by atoms with van der Waals surface area (Å²) in [6.45, 7) is 2.12. The second-order valence-corrected chi connectivity index (χ2v) is 4.37. The lowest BCUT2D eigenvalue weighted by Crippen LogP contribution is -1.84. The Morgan fingerprint density at radius 3 is 2.28 bits per heavy atom. The number of benzene rings is 2. The summed E-state index contributed by atoms with van der Waals surface area (Å²) in [5.41, 5.74) is 4.86. The maximum atomic E-state index is 5.45. The normalized spacial score (nSPS) is 10.5. The van der Waals surface area contributed by atoms with Gasteiger partial charge in [-0.1, -0.05) is 48.5 Å². The summed E-state index contributed by atoms with van der Waals surface area (Å²) in [6, 6.07) is 20.8. The molecule has 3 rings (SSSR count). The highest BCUT2D eigenvalue weighted by Gasteiger charge is 2.06. The number of hydrogen-bond acceptors (Lipinski definition) is 1. The van der Waals surface area contributed by atoms with Crippen LogP contribution >= 0.6 is 0 Å². The van der Waals surface area contributed by atoms with E-state index in [2.05, 4.69) is 49.4 Å². The van der Waals surface area contributed by atoms with Gasteiger partial charge in [0.25, 0.3) is 0 Å². The molecule has 2 aromatic carbocycles. The lowest BCUT2D eigenvalue weighted by molar-refractivity contribution is 0.582. The van der Waals surface area contributed by atoms with Gasteiger partial charge in [-0.3, -0.25) is 0 Å². The van der Waals surface area contributed by atoms with Gasteiger partial charge in [0.1, 0.15) is 5.76 Å². The van der Waals surface area contributed by atoms with Gasteiger partial charge in [0.05, 0.1) is 6.26 Å². The molecule has 0 saturated heterocycles. The van der Waals surface area contributed by atoms with Crippen LogP contribution in [0.25, 0.3) is 22.5 Å². The van der Waals surface area contributed by atoms with E-state index in [0.717, 1.165) is 11.3 Å². The van der Waals surface area contributed by atoms with Gasteiger partial charge in [0.2, 0.25) is 0 Å². The third-order valence-corrected chi connectivity index (χ3v) is 3.12. The molecule has 88 valence electrons. The first-order valence-electron chi connectivity index (χ1n) is 6.04. The van der Waals surface area contributed by atoms with Gasteiger partial charge >= 0.3 is 0 Å². The van der Waals surface area contributed by atoms with Crippen molar-refractivity contribution in [2.45, 2.75) is 6.92 Å². The zero-order valence-electron chi connectivity index (χ0n) is 10.3. The van der Waals surface area contributed by atoms with E-state index in [9.17, 15) is 0 Å². The smallest absolute Gasteiger partial charge is 0.134 e. The maximum Gasteiger partial charge on any atom is 0.134 e. The largest absolute Gasteiger partial charge is 0.464 e. The van der Waals surface area contributed by atoms with Crippen molar-refractivity contribution >= 4 is 0 Å². The molecular weight excluding hydrogens is 220 g/mol. The van der Waals surface area contributed by atoms with Gasteiger partial charge in [-0.2, -0.15) is 0 Å². The topological polar surface area (TPSA) is 13.1 Å². The van der Waals surface area contributed by atoms with E-state index >= 15 is 0 Å². The third kappa shape index (κ3) is 1.95. The highest BCUT2D eigenvalue weighted by Crippen LogP contribution is 2.28. The number of aryl methyl sites for hydroxylation is 1. The quantitative estimate of drug-likeness (QED) is 0.613. The lowest BCUT2D eigenvalue weighted by atomic mass is 9.99. The Kier molecular flexibility index (Phi) is 2.73. The molecule has 1 heterocycles. The van der Waals surface area contributed by atoms with E-state index in [4.69, 9.17) is 4.42 Å². The zero-order chi connectivity index (χ0) is 12.4. The van der Waals surface area contributed by atoms with Gasteiger partial charge in [0.15, 0.2) is 0 Å². The molecule has 1 heteroatoms. The number of hydrogen-bond donors (Lipinski definition) is 0. The molecule has 0 aliphatic heterocycles. The predicted molar refractivity (Wildman–Crippen MR) is 74.3 cm³/mol. The molecule has 0 unspecified atom stereocenters. The fourth-order valence-electron chi connectivity index (χ4n) is 2.18. The molecule has 0 bridgehead atoms. The summed E-state index contributed by atoms with van der Waals surface area (Å²) in [5.74, 6) is 0.923. The van der Waals surface area contributed by atoms with Crippen molar-refractivity contribution in [2.75, 3.05) is 0 Å². The van der Waals surface area contributed by atoms with Crippen LogP contribution in [0.5, 0.6) is 0 Å². The van der Waals surface area contributed by atoms with Crippen LogP contribution in [0.1, 0.15) is 5.56 Å². The Morgan fingerprint density at radius 2 is 1.61 bits per heavy atom. The predicted octanol–water partition coefficient (Wildman–Crippen LogP) is 4.92. The summed E-state index contributed by atoms with van der Waals surface area (Å²) < 4.78 is 5.45. The van der Waals surface area contributed by atoms with E-state index in [1.807, 2.05) is 18.2 Å². The van der Waals surface area contributed by atoms with E-state index in [1.165, 1.54) is 16.7 Å². The monoisotopic (exact) mass is 234 g/mol. The molecule has 1 aromatic heterocycles. The van der Waals surface area contributed by atoms with E-state index < -0.39 is 0 Å². The van der Waals surface area contributed by atoms with Crippen molar-refractivity contribution in [3.05, 3.63) is 72.5 Å². The molecule has 0 amide bonds. The maximum absolute atomic E-state index is 5.45. The van der Waals surface area contributed by atoms with Crippen LogP contribution in [0.15, 0.2) is 71.3 Å². The Bertz CT molecular complexity index is 637. The molecule has 0 saturated carbocycles. The Labute approximate surface area is 107 Å². The highest BCUT2D eigenvalue weighted by molar-refractivity contribution is 5.71. The van der Waals surface area contributed by atoms with Crippen molar-refractivity contribution in [3.8, 4) is 22.5 Å². The minimum absolute atomic E-state index is 0.923. The van der Waals surface area contributed by atoms with Gasteiger partial charge in [-0.05, 0) is 35.7 Å². The number of furan rings is 1. The van der Waals surface area contributed by atoms with Gasteiger partial charge in [0, 0.05) is 5.56 Å². The minimum atomic E-state index is 0.923. The third-order valence-electron chi connectivity index (χ3n) is 3.12. The second-order valence-electron chi connectivity index (χ2n) is 4.37. The summed E-state index contributed by atoms with van der Waals surface area (Å²) in [7, 11) is 0. The molecule has 3 aromatic rings. The van der Waals surface area contributed by atoms with Gasteiger partial charge < -0.3 is 4.42 Å². The molecular formula is C17H14O. The first-order chi connectivity index (χ1) is 8.84. The SMILES string of the molecule is Cc1cc(-c2ccccc2)ccc1-c1ccco1. The Morgan fingerprint density at radius 1 is 0.778 bits per heavy atom. The summed E-state index contributed by atoms with van der Waals surface area (Å²) in [4.78, 5) is 0. The fourth-order valence-corrected chi connectivity index (χ4v) is 2.18. The van der Waals surface area contributed by atoms with Gasteiger partial charge in [-0.25, -0.2) is 0 Å². The Hall–Kier alpha value is -2.28. The van der Waals surface area contributed by atoms with Crippen LogP contribution in [0.3, 0.4) is 0 Å². The molecule has 0 fully saturated rings. The van der Waals surface area contributed by atoms with Gasteiger partial charge in [-0.15, -0.1) is 0 Å². The van der Waals surface area contributed by atoms with Crippen molar-refractivity contribution in [3.63, 3.8) is 0 Å². The van der Waals surface area contributed by atoms with E-state index in [-0.39, 0.29) is 0 Å². The zero-order valence-corrected chi connectivity index (χ0v) is 10.3. The molecule has 0 radical (unpaired) electrons. The van der Waals surface area contributed by atoms with Crippen molar-refractivity contribution in [1.29, 1.82) is 0 Å². The molecule has 18 heavy (non-hydrogen) atoms. The molecule has 0 spiro atoms. The second kappa shape index (κ2) is 4.53.